The fourth-order valence-corrected chi connectivity index (χ4v) is 5.85. The zero-order chi connectivity index (χ0) is 27.4. The molecule has 2 amide bonds. The fraction of sp³-hybridized carbons (Fsp3) is 0.346. The third kappa shape index (κ3) is 5.06. The molecule has 12 heteroatoms. The van der Waals surface area contributed by atoms with Gasteiger partial charge in [-0.05, 0) is 67.1 Å². The number of halogens is 5. The van der Waals surface area contributed by atoms with Crippen LogP contribution in [0.1, 0.15) is 30.5 Å². The number of aromatic nitrogens is 2. The van der Waals surface area contributed by atoms with Crippen LogP contribution in [0.15, 0.2) is 47.5 Å². The number of imide groups is 1. The van der Waals surface area contributed by atoms with Gasteiger partial charge in [-0.3, -0.25) is 24.1 Å². The summed E-state index contributed by atoms with van der Waals surface area (Å²) < 4.78 is 56.7. The Kier molecular flexibility index (Phi) is 7.04. The van der Waals surface area contributed by atoms with E-state index in [2.05, 4.69) is 5.10 Å². The standard InChI is InChI=1S/C26H23ClF4N4O2S/c1-14(2)33-12-20(28)22(13-33)35-24(36)23(38-25(35)37)8-15-3-6-21-17(7-15)10-32-34(21)11-16-4-5-18(27)9-19(16)26(29,30)31/h3-10,14,20,22H,11-13H2,1-2H3/t20-,22?/m1/s1. The van der Waals surface area contributed by atoms with Crippen LogP contribution in [0, 0.1) is 0 Å². The summed E-state index contributed by atoms with van der Waals surface area (Å²) in [6, 6.07) is 8.01. The lowest BCUT2D eigenvalue weighted by Crippen LogP contribution is -2.44. The molecule has 1 unspecified atom stereocenters. The second kappa shape index (κ2) is 10.0. The molecule has 2 aromatic carbocycles. The third-order valence-electron chi connectivity index (χ3n) is 6.79. The summed E-state index contributed by atoms with van der Waals surface area (Å²) in [5, 5.41) is 4.38. The Morgan fingerprint density at radius 3 is 2.61 bits per heavy atom. The van der Waals surface area contributed by atoms with Crippen molar-refractivity contribution in [3.05, 3.63) is 69.2 Å². The van der Waals surface area contributed by atoms with Crippen LogP contribution in [-0.4, -0.2) is 62.1 Å². The minimum absolute atomic E-state index is 0.00679. The maximum absolute atomic E-state index is 14.7. The number of rotatable bonds is 5. The lowest BCUT2D eigenvalue weighted by atomic mass is 10.1. The summed E-state index contributed by atoms with van der Waals surface area (Å²) in [5.74, 6) is -0.531. The van der Waals surface area contributed by atoms with E-state index in [9.17, 15) is 27.2 Å². The van der Waals surface area contributed by atoms with E-state index < -0.39 is 35.1 Å². The average Bonchev–Trinajstić information content (AvgIpc) is 3.50. The van der Waals surface area contributed by atoms with Gasteiger partial charge in [0.2, 0.25) is 0 Å². The van der Waals surface area contributed by atoms with Crippen molar-refractivity contribution in [3.63, 3.8) is 0 Å². The fourth-order valence-electron chi connectivity index (χ4n) is 4.79. The van der Waals surface area contributed by atoms with Crippen LogP contribution in [0.5, 0.6) is 0 Å². The first-order chi connectivity index (χ1) is 17.9. The molecular weight excluding hydrogens is 544 g/mol. The smallest absolute Gasteiger partial charge is 0.296 e. The van der Waals surface area contributed by atoms with Crippen molar-refractivity contribution in [2.45, 2.75) is 44.8 Å². The van der Waals surface area contributed by atoms with Crippen molar-refractivity contribution in [1.29, 1.82) is 0 Å². The van der Waals surface area contributed by atoms with Gasteiger partial charge in [0.15, 0.2) is 0 Å². The van der Waals surface area contributed by atoms with Crippen LogP contribution in [0.4, 0.5) is 22.4 Å². The lowest BCUT2D eigenvalue weighted by molar-refractivity contribution is -0.138. The Morgan fingerprint density at radius 1 is 1.16 bits per heavy atom. The van der Waals surface area contributed by atoms with Gasteiger partial charge >= 0.3 is 6.18 Å². The molecule has 0 spiro atoms. The van der Waals surface area contributed by atoms with E-state index in [4.69, 9.17) is 11.6 Å². The molecule has 0 aliphatic carbocycles. The largest absolute Gasteiger partial charge is 0.416 e. The molecule has 2 fully saturated rings. The van der Waals surface area contributed by atoms with E-state index in [0.717, 1.165) is 22.7 Å². The lowest BCUT2D eigenvalue weighted by Gasteiger charge is -2.23. The molecule has 38 heavy (non-hydrogen) atoms. The number of benzene rings is 2. The number of carbonyl (C=O) groups is 2. The van der Waals surface area contributed by atoms with E-state index in [1.165, 1.54) is 23.0 Å². The summed E-state index contributed by atoms with van der Waals surface area (Å²) >= 11 is 6.55. The second-order valence-corrected chi connectivity index (χ2v) is 11.0. The van der Waals surface area contributed by atoms with Crippen LogP contribution in [0.25, 0.3) is 17.0 Å². The first-order valence-electron chi connectivity index (χ1n) is 11.9. The highest BCUT2D eigenvalue weighted by Gasteiger charge is 2.47. The molecule has 3 heterocycles. The summed E-state index contributed by atoms with van der Waals surface area (Å²) in [6.45, 7) is 4.22. The van der Waals surface area contributed by atoms with E-state index in [1.807, 2.05) is 18.7 Å². The van der Waals surface area contributed by atoms with Crippen LogP contribution in [0.2, 0.25) is 5.02 Å². The average molecular weight is 567 g/mol. The van der Waals surface area contributed by atoms with Crippen molar-refractivity contribution < 1.29 is 27.2 Å². The highest BCUT2D eigenvalue weighted by Crippen LogP contribution is 2.37. The van der Waals surface area contributed by atoms with Crippen LogP contribution < -0.4 is 0 Å². The topological polar surface area (TPSA) is 58.4 Å². The molecule has 0 radical (unpaired) electrons. The van der Waals surface area contributed by atoms with Crippen LogP contribution >= 0.6 is 23.4 Å². The van der Waals surface area contributed by atoms with Crippen LogP contribution in [0.3, 0.4) is 0 Å². The van der Waals surface area contributed by atoms with E-state index in [0.29, 0.717) is 23.0 Å². The van der Waals surface area contributed by atoms with Gasteiger partial charge in [-0.2, -0.15) is 18.3 Å². The minimum Gasteiger partial charge on any atom is -0.296 e. The highest BCUT2D eigenvalue weighted by atomic mass is 35.5. The Morgan fingerprint density at radius 2 is 1.92 bits per heavy atom. The number of amides is 2. The number of thioether (sulfide) groups is 1. The maximum atomic E-state index is 14.7. The molecule has 3 aromatic rings. The van der Waals surface area contributed by atoms with Gasteiger partial charge < -0.3 is 0 Å². The van der Waals surface area contributed by atoms with Crippen molar-refractivity contribution in [2.24, 2.45) is 0 Å². The number of alkyl halides is 4. The van der Waals surface area contributed by atoms with Crippen molar-refractivity contribution >= 4 is 51.5 Å². The molecule has 2 aliphatic heterocycles. The predicted octanol–water partition coefficient (Wildman–Crippen LogP) is 6.22. The quantitative estimate of drug-likeness (QED) is 0.271. The molecule has 1 aromatic heterocycles. The zero-order valence-corrected chi connectivity index (χ0v) is 21.9. The first kappa shape index (κ1) is 26.7. The number of hydrogen-bond donors (Lipinski definition) is 0. The second-order valence-electron chi connectivity index (χ2n) is 9.60. The van der Waals surface area contributed by atoms with Crippen molar-refractivity contribution in [1.82, 2.24) is 19.6 Å². The Bertz CT molecular complexity index is 1450. The van der Waals surface area contributed by atoms with Crippen molar-refractivity contribution in [3.8, 4) is 0 Å². The number of hydrogen-bond acceptors (Lipinski definition) is 5. The Hall–Kier alpha value is -2.89. The Balaban J connectivity index is 1.38. The molecule has 0 saturated carbocycles. The Labute approximate surface area is 225 Å². The molecule has 2 saturated heterocycles. The van der Waals surface area contributed by atoms with E-state index in [-0.39, 0.29) is 34.6 Å². The summed E-state index contributed by atoms with van der Waals surface area (Å²) in [6.07, 6.45) is -2.79. The van der Waals surface area contributed by atoms with Gasteiger partial charge in [0, 0.05) is 29.5 Å². The van der Waals surface area contributed by atoms with Gasteiger partial charge in [0.05, 0.1) is 34.8 Å². The number of nitrogens with zero attached hydrogens (tertiary/aromatic N) is 4. The molecule has 200 valence electrons. The number of likely N-dealkylation sites (tertiary alicyclic amines) is 1. The monoisotopic (exact) mass is 566 g/mol. The SMILES string of the molecule is CC(C)N1CC(N2C(=O)SC(=Cc3ccc4c(cnn4Cc4ccc(Cl)cc4C(F)(F)F)c3)C2=O)[C@H](F)C1. The summed E-state index contributed by atoms with van der Waals surface area (Å²) in [4.78, 5) is 28.8. The highest BCUT2D eigenvalue weighted by molar-refractivity contribution is 8.18. The van der Waals surface area contributed by atoms with Crippen molar-refractivity contribution in [2.75, 3.05) is 13.1 Å². The molecule has 5 rings (SSSR count). The summed E-state index contributed by atoms with van der Waals surface area (Å²) in [5.41, 5.74) is 0.407. The molecule has 0 N–H and O–H groups in total. The molecule has 2 atom stereocenters. The third-order valence-corrected chi connectivity index (χ3v) is 7.91. The van der Waals surface area contributed by atoms with Gasteiger partial charge in [-0.15, -0.1) is 0 Å². The summed E-state index contributed by atoms with van der Waals surface area (Å²) in [7, 11) is 0. The first-order valence-corrected chi connectivity index (χ1v) is 13.1. The molecule has 0 bridgehead atoms. The molecule has 6 nitrogen and oxygen atoms in total. The maximum Gasteiger partial charge on any atom is 0.416 e. The normalized spacial score (nSPS) is 22.1. The number of fused-ring (bicyclic) bond motifs is 1. The van der Waals surface area contributed by atoms with E-state index in [1.54, 1.807) is 24.3 Å². The van der Waals surface area contributed by atoms with Gasteiger partial charge in [-0.25, -0.2) is 4.39 Å². The van der Waals surface area contributed by atoms with Crippen LogP contribution in [-0.2, 0) is 17.5 Å². The minimum atomic E-state index is -4.56. The molecular formula is C26H23ClF4N4O2S. The number of carbonyl (C=O) groups excluding carboxylic acids is 2. The van der Waals surface area contributed by atoms with E-state index >= 15 is 0 Å². The van der Waals surface area contributed by atoms with Gasteiger partial charge in [0.1, 0.15) is 6.17 Å². The predicted molar refractivity (Wildman–Crippen MR) is 138 cm³/mol. The zero-order valence-electron chi connectivity index (χ0n) is 20.4. The van der Waals surface area contributed by atoms with Gasteiger partial charge in [-0.1, -0.05) is 23.7 Å². The van der Waals surface area contributed by atoms with Gasteiger partial charge in [0.25, 0.3) is 11.1 Å². The molecule has 2 aliphatic rings.